The first kappa shape index (κ1) is 14.1. The predicted molar refractivity (Wildman–Crippen MR) is 49.8 cm³/mol. The van der Waals surface area contributed by atoms with Gasteiger partial charge in [-0.05, 0) is 7.05 Å². The average Bonchev–Trinajstić information content (AvgIpc) is 2.01. The Hall–Kier alpha value is -1.46. The maximum Gasteiger partial charge on any atom is 0.317 e. The van der Waals surface area contributed by atoms with Crippen LogP contribution in [0.2, 0.25) is 0 Å². The van der Waals surface area contributed by atoms with Crippen molar-refractivity contribution in [3.8, 4) is 5.40 Å². The number of aliphatic carboxylic acids is 1. The van der Waals surface area contributed by atoms with Gasteiger partial charge in [0.05, 0.1) is 18.5 Å². The zero-order chi connectivity index (χ0) is 10.7. The summed E-state index contributed by atoms with van der Waals surface area (Å²) in [5.41, 5.74) is 4.78. The Morgan fingerprint density at radius 2 is 2.38 bits per heavy atom. The minimum Gasteiger partial charge on any atom is -0.480 e. The molecule has 74 valence electrons. The number of carbonyl (C=O) groups is 1. The Morgan fingerprint density at radius 3 is 2.46 bits per heavy atom. The van der Waals surface area contributed by atoms with E-state index in [0.717, 1.165) is 11.9 Å². The van der Waals surface area contributed by atoms with Crippen LogP contribution in [0.3, 0.4) is 0 Å². The molecule has 0 fully saturated rings. The smallest absolute Gasteiger partial charge is 0.317 e. The third-order valence-electron chi connectivity index (χ3n) is 0.535. The number of thiocyanates is 1. The van der Waals surface area contributed by atoms with E-state index >= 15 is 0 Å². The van der Waals surface area contributed by atoms with Gasteiger partial charge in [-0.1, -0.05) is 0 Å². The van der Waals surface area contributed by atoms with Crippen LogP contribution < -0.4 is 15.8 Å². The second-order valence-corrected chi connectivity index (χ2v) is 2.22. The molecule has 8 heteroatoms. The molecule has 0 aliphatic rings. The molecule has 0 heterocycles. The van der Waals surface area contributed by atoms with Gasteiger partial charge in [0.2, 0.25) is 0 Å². The van der Waals surface area contributed by atoms with Gasteiger partial charge in [-0.2, -0.15) is 5.26 Å². The van der Waals surface area contributed by atoms with Crippen LogP contribution in [0.5, 0.6) is 0 Å². The number of carboxylic acid groups (broad SMARTS) is 1. The van der Waals surface area contributed by atoms with Crippen molar-refractivity contribution >= 4 is 23.9 Å². The second-order valence-electron chi connectivity index (χ2n) is 1.63. The van der Waals surface area contributed by atoms with E-state index in [1.807, 2.05) is 0 Å². The molecule has 13 heavy (non-hydrogen) atoms. The Morgan fingerprint density at radius 1 is 1.85 bits per heavy atom. The van der Waals surface area contributed by atoms with Crippen molar-refractivity contribution in [1.82, 2.24) is 10.0 Å². The Kier molecular flexibility index (Phi) is 11.4. The summed E-state index contributed by atoms with van der Waals surface area (Å²) in [6.45, 7) is 0.0417. The van der Waals surface area contributed by atoms with Crippen molar-refractivity contribution < 1.29 is 9.90 Å². The van der Waals surface area contributed by atoms with Crippen LogP contribution in [0.4, 0.5) is 0 Å². The number of rotatable bonds is 3. The Balaban J connectivity index is 0. The molecule has 0 amide bonds. The minimum atomic E-state index is -0.822. The summed E-state index contributed by atoms with van der Waals surface area (Å²) in [5.74, 6) is -1.02. The topological polar surface area (TPSA) is 135 Å². The van der Waals surface area contributed by atoms with Crippen molar-refractivity contribution in [2.45, 2.75) is 0 Å². The summed E-state index contributed by atoms with van der Waals surface area (Å²) in [6, 6.07) is 0. The lowest BCUT2D eigenvalue weighted by atomic mass is 10.7. The molecule has 0 aromatic carbocycles. The van der Waals surface area contributed by atoms with Crippen molar-refractivity contribution in [1.29, 1.82) is 10.7 Å². The largest absolute Gasteiger partial charge is 0.480 e. The van der Waals surface area contributed by atoms with E-state index < -0.39 is 5.97 Å². The van der Waals surface area contributed by atoms with Gasteiger partial charge in [-0.3, -0.25) is 14.9 Å². The molecule has 0 rings (SSSR count). The van der Waals surface area contributed by atoms with E-state index in [-0.39, 0.29) is 12.5 Å². The number of nitriles is 1. The number of nitrogens with one attached hydrogen (secondary N) is 3. The molecule has 0 aliphatic heterocycles. The van der Waals surface area contributed by atoms with Gasteiger partial charge in [0.25, 0.3) is 0 Å². The highest BCUT2D eigenvalue weighted by Gasteiger charge is 1.86. The van der Waals surface area contributed by atoms with Crippen LogP contribution in [-0.2, 0) is 4.79 Å². The van der Waals surface area contributed by atoms with E-state index in [9.17, 15) is 4.79 Å². The lowest BCUT2D eigenvalue weighted by molar-refractivity contribution is -0.135. The third-order valence-corrected chi connectivity index (χ3v) is 0.948. The van der Waals surface area contributed by atoms with Crippen LogP contribution in [0, 0.1) is 16.1 Å². The quantitative estimate of drug-likeness (QED) is 0.170. The number of guanidine groups is 1. The molecular formula is C5H11N5O2S. The highest BCUT2D eigenvalue weighted by Crippen LogP contribution is 1.81. The first-order valence-electron chi connectivity index (χ1n) is 3.06. The SMILES string of the molecule is CNCC(=O)O.N#CSNC(=N)N. The van der Waals surface area contributed by atoms with Crippen LogP contribution in [0.15, 0.2) is 0 Å². The van der Waals surface area contributed by atoms with Crippen molar-refractivity contribution in [3.63, 3.8) is 0 Å². The normalized spacial score (nSPS) is 7.38. The Bertz CT molecular complexity index is 202. The van der Waals surface area contributed by atoms with E-state index in [2.05, 4.69) is 10.0 Å². The van der Waals surface area contributed by atoms with E-state index in [1.54, 1.807) is 12.4 Å². The van der Waals surface area contributed by atoms with Gasteiger partial charge in [0, 0.05) is 0 Å². The monoisotopic (exact) mass is 205 g/mol. The molecule has 0 atom stereocenters. The molecule has 0 aromatic heterocycles. The molecular weight excluding hydrogens is 194 g/mol. The van der Waals surface area contributed by atoms with Crippen molar-refractivity contribution in [3.05, 3.63) is 0 Å². The fourth-order valence-corrected chi connectivity index (χ4v) is 0.385. The highest BCUT2D eigenvalue weighted by molar-refractivity contribution is 8.02. The van der Waals surface area contributed by atoms with Gasteiger partial charge < -0.3 is 16.2 Å². The molecule has 0 radical (unpaired) electrons. The van der Waals surface area contributed by atoms with Crippen LogP contribution >= 0.6 is 11.9 Å². The second kappa shape index (κ2) is 10.5. The van der Waals surface area contributed by atoms with Crippen LogP contribution in [0.25, 0.3) is 0 Å². The Labute approximate surface area is 79.9 Å². The summed E-state index contributed by atoms with van der Waals surface area (Å²) in [4.78, 5) is 9.54. The summed E-state index contributed by atoms with van der Waals surface area (Å²) in [7, 11) is 1.59. The zero-order valence-electron chi connectivity index (χ0n) is 7.00. The number of likely N-dealkylation sites (N-methyl/N-ethyl adjacent to an activating group) is 1. The van der Waals surface area contributed by atoms with Gasteiger partial charge in [-0.25, -0.2) is 0 Å². The summed E-state index contributed by atoms with van der Waals surface area (Å²) in [5, 5.41) is 26.3. The molecule has 0 saturated heterocycles. The van der Waals surface area contributed by atoms with Crippen LogP contribution in [-0.4, -0.2) is 30.6 Å². The molecule has 7 nitrogen and oxygen atoms in total. The maximum atomic E-state index is 9.54. The van der Waals surface area contributed by atoms with Gasteiger partial charge >= 0.3 is 5.97 Å². The maximum absolute atomic E-state index is 9.54. The van der Waals surface area contributed by atoms with E-state index in [1.165, 1.54) is 0 Å². The molecule has 0 aliphatic carbocycles. The molecule has 0 spiro atoms. The first-order valence-corrected chi connectivity index (χ1v) is 3.87. The summed E-state index contributed by atoms with van der Waals surface area (Å²) >= 11 is 0.722. The number of carboxylic acids is 1. The molecule has 6 N–H and O–H groups in total. The first-order chi connectivity index (χ1) is 6.04. The van der Waals surface area contributed by atoms with Crippen molar-refractivity contribution in [2.24, 2.45) is 5.73 Å². The van der Waals surface area contributed by atoms with Crippen molar-refractivity contribution in [2.75, 3.05) is 13.6 Å². The standard InChI is InChI=1S/C3H7NO2.C2H4N4S/c1-4-2-3(5)6;3-1-7-6-2(4)5/h4H,2H2,1H3,(H,5,6);(H4,4,5,6). The number of nitrogens with zero attached hydrogens (tertiary/aromatic N) is 1. The lowest BCUT2D eigenvalue weighted by Crippen LogP contribution is -2.23. The minimum absolute atomic E-state index is 0.0417. The fraction of sp³-hybridized carbons (Fsp3) is 0.400. The molecule has 0 aromatic rings. The number of hydrogen-bond acceptors (Lipinski definition) is 5. The lowest BCUT2D eigenvalue weighted by Gasteiger charge is -1.89. The molecule has 0 bridgehead atoms. The van der Waals surface area contributed by atoms with Gasteiger partial charge in [-0.15, -0.1) is 0 Å². The number of nitrogens with two attached hydrogens (primary N) is 1. The van der Waals surface area contributed by atoms with Gasteiger partial charge in [0.1, 0.15) is 0 Å². The van der Waals surface area contributed by atoms with Crippen LogP contribution in [0.1, 0.15) is 0 Å². The highest BCUT2D eigenvalue weighted by atomic mass is 32.2. The third kappa shape index (κ3) is 25.0. The van der Waals surface area contributed by atoms with Gasteiger partial charge in [0.15, 0.2) is 11.4 Å². The molecule has 0 unspecified atom stereocenters. The molecule has 0 saturated carbocycles. The zero-order valence-corrected chi connectivity index (χ0v) is 7.81. The summed E-state index contributed by atoms with van der Waals surface area (Å²) < 4.78 is 2.21. The average molecular weight is 205 g/mol. The van der Waals surface area contributed by atoms with E-state index in [4.69, 9.17) is 21.5 Å². The van der Waals surface area contributed by atoms with E-state index in [0.29, 0.717) is 0 Å². The number of hydrogen-bond donors (Lipinski definition) is 5. The summed E-state index contributed by atoms with van der Waals surface area (Å²) in [6.07, 6.45) is 0. The predicted octanol–water partition coefficient (Wildman–Crippen LogP) is -1.11. The fourth-order valence-electron chi connectivity index (χ4n) is 0.229.